The Morgan fingerprint density at radius 2 is 1.45 bits per heavy atom. The molecule has 1 fully saturated rings. The maximum absolute atomic E-state index is 6.21. The Labute approximate surface area is 210 Å². The molecule has 2 heterocycles. The minimum atomic E-state index is -0.286. The number of fused-ring (bicyclic) bond motifs is 1. The molecule has 0 spiro atoms. The molecule has 1 aromatic carbocycles. The summed E-state index contributed by atoms with van der Waals surface area (Å²) in [4.78, 5) is 4.08. The van der Waals surface area contributed by atoms with Crippen molar-refractivity contribution in [1.29, 1.82) is 0 Å². The summed E-state index contributed by atoms with van der Waals surface area (Å²) in [5.74, 6) is 0. The molecule has 0 N–H and O–H groups in total. The molecule has 4 rings (SSSR count). The number of rotatable bonds is 1. The third-order valence-corrected chi connectivity index (χ3v) is 8.34. The number of pyridine rings is 1. The summed E-state index contributed by atoms with van der Waals surface area (Å²) in [7, 11) is -0.269. The van der Waals surface area contributed by atoms with E-state index in [1.165, 1.54) is 23.1 Å². The molecule has 2 aliphatic rings. The van der Waals surface area contributed by atoms with E-state index in [1.54, 1.807) is 0 Å². The van der Waals surface area contributed by atoms with Gasteiger partial charge in [0.25, 0.3) is 0 Å². The Morgan fingerprint density at radius 3 is 1.97 bits per heavy atom. The average molecular weight is 598 g/mol. The van der Waals surface area contributed by atoms with Crippen molar-refractivity contribution >= 4 is 51.1 Å². The van der Waals surface area contributed by atoms with E-state index in [1.807, 2.05) is 19.2 Å². The quantitative estimate of drug-likeness (QED) is 0.208. The van der Waals surface area contributed by atoms with Crippen LogP contribution in [-0.4, -0.2) is 23.3 Å². The van der Waals surface area contributed by atoms with E-state index in [2.05, 4.69) is 117 Å². The fraction of sp³-hybridized carbons (Fsp3) is 0.560. The summed E-state index contributed by atoms with van der Waals surface area (Å²) in [6, 6.07) is 8.81. The predicted molar refractivity (Wildman–Crippen MR) is 142 cm³/mol. The normalized spacial score (nSPS) is 22.0. The molecule has 6 heteroatoms. The van der Waals surface area contributed by atoms with Crippen molar-refractivity contribution in [2.24, 2.45) is 0 Å². The van der Waals surface area contributed by atoms with Gasteiger partial charge in [-0.25, -0.2) is 4.98 Å². The van der Waals surface area contributed by atoms with Crippen LogP contribution >= 0.6 is 38.5 Å². The number of benzene rings is 1. The van der Waals surface area contributed by atoms with E-state index < -0.39 is 0 Å². The molecule has 1 aliphatic heterocycles. The Balaban J connectivity index is 0.000000254. The minimum absolute atomic E-state index is 0.207. The van der Waals surface area contributed by atoms with Crippen molar-refractivity contribution < 1.29 is 9.31 Å². The van der Waals surface area contributed by atoms with Crippen LogP contribution in [0.25, 0.3) is 0 Å². The van der Waals surface area contributed by atoms with Crippen molar-refractivity contribution in [3.8, 4) is 0 Å². The molecule has 0 saturated carbocycles. The first-order valence-electron chi connectivity index (χ1n) is 10.8. The van der Waals surface area contributed by atoms with Crippen molar-refractivity contribution in [3.05, 3.63) is 55.3 Å². The highest BCUT2D eigenvalue weighted by atomic mass is 127. The molecule has 2 aromatic rings. The van der Waals surface area contributed by atoms with Crippen molar-refractivity contribution in [1.82, 2.24) is 4.98 Å². The van der Waals surface area contributed by atoms with Crippen LogP contribution in [0.2, 0.25) is 0 Å². The highest BCUT2D eigenvalue weighted by Gasteiger charge is 2.52. The number of halogens is 2. The molecule has 31 heavy (non-hydrogen) atoms. The summed E-state index contributed by atoms with van der Waals surface area (Å²) in [6.07, 6.45) is 3.00. The van der Waals surface area contributed by atoms with Gasteiger partial charge in [-0.2, -0.15) is 0 Å². The third-order valence-electron chi connectivity index (χ3n) is 6.92. The van der Waals surface area contributed by atoms with Crippen LogP contribution in [0.3, 0.4) is 0 Å². The summed E-state index contributed by atoms with van der Waals surface area (Å²) in [5.41, 5.74) is 5.17. The lowest BCUT2D eigenvalue weighted by Gasteiger charge is -2.32. The zero-order valence-corrected chi connectivity index (χ0v) is 23.9. The first-order chi connectivity index (χ1) is 14.1. The van der Waals surface area contributed by atoms with E-state index in [0.717, 1.165) is 13.6 Å². The Kier molecular flexibility index (Phi) is 6.83. The van der Waals surface area contributed by atoms with E-state index >= 15 is 0 Å². The average Bonchev–Trinajstić information content (AvgIpc) is 2.96. The van der Waals surface area contributed by atoms with Gasteiger partial charge >= 0.3 is 7.12 Å². The largest absolute Gasteiger partial charge is 0.494 e. The SMILES string of the molecule is CC1(C)CC(C)(C)c2cc(B3OC(C)(C)C(C)(C)O3)ccc21.Cc1cc(I)ncc1Br. The van der Waals surface area contributed by atoms with Gasteiger partial charge in [-0.3, -0.25) is 0 Å². The highest BCUT2D eigenvalue weighted by molar-refractivity contribution is 14.1. The van der Waals surface area contributed by atoms with Crippen molar-refractivity contribution in [2.45, 2.75) is 90.8 Å². The van der Waals surface area contributed by atoms with Crippen LogP contribution in [0.15, 0.2) is 34.9 Å². The van der Waals surface area contributed by atoms with Crippen molar-refractivity contribution in [2.75, 3.05) is 0 Å². The lowest BCUT2D eigenvalue weighted by atomic mass is 9.75. The van der Waals surface area contributed by atoms with Crippen LogP contribution in [0.5, 0.6) is 0 Å². The summed E-state index contributed by atoms with van der Waals surface area (Å²) in [5, 5.41) is 0. The van der Waals surface area contributed by atoms with E-state index in [4.69, 9.17) is 9.31 Å². The molecule has 0 atom stereocenters. The molecule has 168 valence electrons. The van der Waals surface area contributed by atoms with Crippen molar-refractivity contribution in [3.63, 3.8) is 0 Å². The van der Waals surface area contributed by atoms with Gasteiger partial charge in [0.05, 0.1) is 11.2 Å². The van der Waals surface area contributed by atoms with Gasteiger partial charge in [0.2, 0.25) is 0 Å². The summed E-state index contributed by atoms with van der Waals surface area (Å²) >= 11 is 5.55. The highest BCUT2D eigenvalue weighted by Crippen LogP contribution is 2.49. The molecule has 0 radical (unpaired) electrons. The maximum Gasteiger partial charge on any atom is 0.494 e. The van der Waals surface area contributed by atoms with E-state index in [0.29, 0.717) is 0 Å². The zero-order chi connectivity index (χ0) is 23.4. The number of hydrogen-bond acceptors (Lipinski definition) is 3. The van der Waals surface area contributed by atoms with Gasteiger partial charge in [-0.1, -0.05) is 45.9 Å². The monoisotopic (exact) mass is 597 g/mol. The van der Waals surface area contributed by atoms with E-state index in [-0.39, 0.29) is 29.2 Å². The molecular formula is C25H34BBrINO2. The van der Waals surface area contributed by atoms with Crippen LogP contribution in [0.1, 0.15) is 78.5 Å². The Bertz CT molecular complexity index is 971. The van der Waals surface area contributed by atoms with Crippen LogP contribution in [0, 0.1) is 10.6 Å². The number of aromatic nitrogens is 1. The topological polar surface area (TPSA) is 31.4 Å². The van der Waals surface area contributed by atoms with Gasteiger partial charge < -0.3 is 9.31 Å². The summed E-state index contributed by atoms with van der Waals surface area (Å²) < 4.78 is 14.5. The Morgan fingerprint density at radius 1 is 0.903 bits per heavy atom. The molecule has 1 aromatic heterocycles. The number of nitrogens with zero attached hydrogens (tertiary/aromatic N) is 1. The van der Waals surface area contributed by atoms with Gasteiger partial charge in [-0.15, -0.1) is 0 Å². The second-order valence-corrected chi connectivity index (χ2v) is 13.1. The predicted octanol–water partition coefficient (Wildman–Crippen LogP) is 6.70. The van der Waals surface area contributed by atoms with E-state index in [9.17, 15) is 0 Å². The molecule has 0 amide bonds. The van der Waals surface area contributed by atoms with Gasteiger partial charge in [0.15, 0.2) is 0 Å². The summed E-state index contributed by atoms with van der Waals surface area (Å²) in [6.45, 7) is 19.8. The minimum Gasteiger partial charge on any atom is -0.399 e. The third kappa shape index (κ3) is 5.07. The number of hydrogen-bond donors (Lipinski definition) is 0. The molecule has 0 unspecified atom stereocenters. The van der Waals surface area contributed by atoms with Gasteiger partial charge in [0, 0.05) is 10.7 Å². The molecule has 1 aliphatic carbocycles. The molecule has 0 bridgehead atoms. The molecular weight excluding hydrogens is 564 g/mol. The second-order valence-electron chi connectivity index (χ2n) is 11.1. The zero-order valence-electron chi connectivity index (χ0n) is 20.2. The fourth-order valence-electron chi connectivity index (χ4n) is 4.64. The molecule has 3 nitrogen and oxygen atoms in total. The lowest BCUT2D eigenvalue weighted by Crippen LogP contribution is -2.41. The number of aryl methyl sites for hydroxylation is 1. The first kappa shape index (κ1) is 25.2. The maximum atomic E-state index is 6.21. The smallest absolute Gasteiger partial charge is 0.399 e. The van der Waals surface area contributed by atoms with Gasteiger partial charge in [0.1, 0.15) is 3.70 Å². The lowest BCUT2D eigenvalue weighted by molar-refractivity contribution is 0.00578. The Hall–Kier alpha value is -0.435. The molecule has 1 saturated heterocycles. The fourth-order valence-corrected chi connectivity index (χ4v) is 5.46. The standard InChI is InChI=1S/C19H29BO2.C6H5BrIN/c1-16(2)12-17(3,4)15-11-13(9-10-14(15)16)20-21-18(5,6)19(7,8)22-20;1-4-2-6(8)9-3-5(4)7/h9-11H,12H2,1-8H3;2-3H,1H3. The second kappa shape index (κ2) is 8.41. The van der Waals surface area contributed by atoms with Gasteiger partial charge in [-0.05, 0) is 119 Å². The van der Waals surface area contributed by atoms with Crippen LogP contribution < -0.4 is 5.46 Å². The first-order valence-corrected chi connectivity index (χ1v) is 12.7. The van der Waals surface area contributed by atoms with Crippen LogP contribution in [0.4, 0.5) is 0 Å². The van der Waals surface area contributed by atoms with Crippen LogP contribution in [-0.2, 0) is 20.1 Å².